The van der Waals surface area contributed by atoms with Gasteiger partial charge in [-0.25, -0.2) is 0 Å². The third kappa shape index (κ3) is 10.4. The lowest BCUT2D eigenvalue weighted by Gasteiger charge is -2.10. The predicted molar refractivity (Wildman–Crippen MR) is 52.6 cm³/mol. The van der Waals surface area contributed by atoms with Gasteiger partial charge in [0.2, 0.25) is 11.8 Å². The van der Waals surface area contributed by atoms with Crippen molar-refractivity contribution in [1.82, 2.24) is 4.90 Å². The second-order valence-corrected chi connectivity index (χ2v) is 2.09. The molecule has 0 aromatic rings. The molecule has 0 aromatic heterocycles. The maximum Gasteiger partial charge on any atom is 0.240 e. The smallest absolute Gasteiger partial charge is 0.240 e. The summed E-state index contributed by atoms with van der Waals surface area (Å²) in [6.07, 6.45) is 2.59. The van der Waals surface area contributed by atoms with E-state index in [0.29, 0.717) is 6.54 Å². The van der Waals surface area contributed by atoms with Gasteiger partial charge in [-0.1, -0.05) is 13.2 Å². The third-order valence-corrected chi connectivity index (χ3v) is 1.17. The number of nitrogens with zero attached hydrogens (tertiary/aromatic N) is 1. The van der Waals surface area contributed by atoms with Crippen molar-refractivity contribution in [3.05, 3.63) is 25.4 Å². The molecule has 74 valence electrons. The van der Waals surface area contributed by atoms with Gasteiger partial charge in [0.25, 0.3) is 0 Å². The van der Waals surface area contributed by atoms with Crippen molar-refractivity contribution in [1.29, 1.82) is 0 Å². The minimum Gasteiger partial charge on any atom is -0.366 e. The molecule has 0 rings (SSSR count). The molecule has 0 radical (unpaired) electrons. The van der Waals surface area contributed by atoms with E-state index in [-0.39, 0.29) is 5.91 Å². The monoisotopic (exact) mass is 184 g/mol. The van der Waals surface area contributed by atoms with Crippen molar-refractivity contribution in [2.45, 2.75) is 13.8 Å². The van der Waals surface area contributed by atoms with Gasteiger partial charge in [0.1, 0.15) is 0 Å². The second-order valence-electron chi connectivity index (χ2n) is 2.09. The van der Waals surface area contributed by atoms with Crippen LogP contribution in [0.4, 0.5) is 0 Å². The molecule has 2 amide bonds. The maximum atomic E-state index is 10.5. The molecule has 13 heavy (non-hydrogen) atoms. The molecule has 0 bridgehead atoms. The first-order valence-electron chi connectivity index (χ1n) is 3.81. The quantitative estimate of drug-likeness (QED) is 0.655. The fourth-order valence-corrected chi connectivity index (χ4v) is 0.480. The molecular weight excluding hydrogens is 168 g/mol. The Hall–Kier alpha value is -1.58. The lowest BCUT2D eigenvalue weighted by Crippen LogP contribution is -2.21. The van der Waals surface area contributed by atoms with Crippen LogP contribution in [0, 0.1) is 0 Å². The second kappa shape index (κ2) is 8.52. The highest BCUT2D eigenvalue weighted by Gasteiger charge is 1.96. The number of hydrogen-bond donors (Lipinski definition) is 1. The molecule has 0 spiro atoms. The summed E-state index contributed by atoms with van der Waals surface area (Å²) < 4.78 is 0. The van der Waals surface area contributed by atoms with Crippen LogP contribution in [0.1, 0.15) is 13.8 Å². The van der Waals surface area contributed by atoms with Gasteiger partial charge in [-0.2, -0.15) is 0 Å². The fourth-order valence-electron chi connectivity index (χ4n) is 0.480. The lowest BCUT2D eigenvalue weighted by atomic mass is 10.5. The van der Waals surface area contributed by atoms with Crippen LogP contribution < -0.4 is 5.73 Å². The van der Waals surface area contributed by atoms with Gasteiger partial charge in [-0.05, 0) is 19.2 Å². The minimum absolute atomic E-state index is 0.0440. The van der Waals surface area contributed by atoms with Crippen LogP contribution in [0.25, 0.3) is 0 Å². The Kier molecular flexibility index (Phi) is 9.15. The Morgan fingerprint density at radius 1 is 1.46 bits per heavy atom. The Balaban J connectivity index is 0. The molecule has 0 saturated carbocycles. The van der Waals surface area contributed by atoms with Crippen molar-refractivity contribution in [2.24, 2.45) is 5.73 Å². The van der Waals surface area contributed by atoms with E-state index in [9.17, 15) is 9.59 Å². The summed E-state index contributed by atoms with van der Waals surface area (Å²) in [7, 11) is 0. The van der Waals surface area contributed by atoms with Gasteiger partial charge in [0.15, 0.2) is 0 Å². The predicted octanol–water partition coefficient (Wildman–Crippen LogP) is 0.656. The molecule has 0 fully saturated rings. The molecule has 2 N–H and O–H groups in total. The van der Waals surface area contributed by atoms with Crippen LogP contribution in [-0.4, -0.2) is 23.3 Å². The Morgan fingerprint density at radius 3 is 1.85 bits per heavy atom. The topological polar surface area (TPSA) is 63.4 Å². The molecular formula is C9H16N2O2. The minimum atomic E-state index is -0.481. The third-order valence-electron chi connectivity index (χ3n) is 1.17. The van der Waals surface area contributed by atoms with Gasteiger partial charge in [-0.15, -0.1) is 0 Å². The standard InChI is InChI=1S/C6H11NO.C3H5NO/c1-4-7(5-2)6(3)8;1-2-3(4)5/h4H,1,5H2,2-3H3;2H,1H2,(H2,4,5). The lowest BCUT2D eigenvalue weighted by molar-refractivity contribution is -0.126. The molecule has 0 aliphatic heterocycles. The molecule has 0 heterocycles. The van der Waals surface area contributed by atoms with E-state index in [2.05, 4.69) is 18.9 Å². The molecule has 0 atom stereocenters. The van der Waals surface area contributed by atoms with E-state index >= 15 is 0 Å². The zero-order valence-corrected chi connectivity index (χ0v) is 8.12. The van der Waals surface area contributed by atoms with E-state index in [0.717, 1.165) is 6.08 Å². The van der Waals surface area contributed by atoms with Crippen molar-refractivity contribution < 1.29 is 9.59 Å². The molecule has 4 nitrogen and oxygen atoms in total. The summed E-state index contributed by atoms with van der Waals surface area (Å²) in [5.41, 5.74) is 4.53. The van der Waals surface area contributed by atoms with Crippen molar-refractivity contribution >= 4 is 11.8 Å². The van der Waals surface area contributed by atoms with Crippen LogP contribution in [0.15, 0.2) is 25.4 Å². The number of amides is 2. The summed E-state index contributed by atoms with van der Waals surface area (Å²) in [6.45, 7) is 10.7. The number of nitrogens with two attached hydrogens (primary N) is 1. The molecule has 4 heteroatoms. The van der Waals surface area contributed by atoms with Gasteiger partial charge in [0, 0.05) is 13.5 Å². The van der Waals surface area contributed by atoms with E-state index < -0.39 is 5.91 Å². The molecule has 0 aliphatic rings. The molecule has 0 aromatic carbocycles. The molecule has 0 unspecified atom stereocenters. The van der Waals surface area contributed by atoms with Gasteiger partial charge >= 0.3 is 0 Å². The largest absolute Gasteiger partial charge is 0.366 e. The number of carbonyl (C=O) groups is 2. The van der Waals surface area contributed by atoms with Crippen molar-refractivity contribution in [3.63, 3.8) is 0 Å². The Morgan fingerprint density at radius 2 is 1.85 bits per heavy atom. The first-order valence-corrected chi connectivity index (χ1v) is 3.81. The normalized spacial score (nSPS) is 7.54. The zero-order chi connectivity index (χ0) is 10.9. The summed E-state index contributed by atoms with van der Waals surface area (Å²) >= 11 is 0. The van der Waals surface area contributed by atoms with Crippen LogP contribution in [0.3, 0.4) is 0 Å². The zero-order valence-electron chi connectivity index (χ0n) is 8.12. The van der Waals surface area contributed by atoms with Gasteiger partial charge in [0.05, 0.1) is 0 Å². The first-order chi connectivity index (χ1) is 5.99. The van der Waals surface area contributed by atoms with Crippen LogP contribution >= 0.6 is 0 Å². The van der Waals surface area contributed by atoms with Crippen LogP contribution in [0.2, 0.25) is 0 Å². The highest BCUT2D eigenvalue weighted by atomic mass is 16.2. The number of hydrogen-bond acceptors (Lipinski definition) is 2. The van der Waals surface area contributed by atoms with Crippen LogP contribution in [-0.2, 0) is 9.59 Å². The highest BCUT2D eigenvalue weighted by Crippen LogP contribution is 1.85. The average molecular weight is 184 g/mol. The molecule has 0 aliphatic carbocycles. The van der Waals surface area contributed by atoms with Gasteiger partial charge < -0.3 is 10.6 Å². The van der Waals surface area contributed by atoms with Crippen LogP contribution in [0.5, 0.6) is 0 Å². The SMILES string of the molecule is C=CC(N)=O.C=CN(CC)C(C)=O. The number of carbonyl (C=O) groups excluding carboxylic acids is 2. The maximum absolute atomic E-state index is 10.5. The first kappa shape index (κ1) is 14.0. The fraction of sp³-hybridized carbons (Fsp3) is 0.333. The summed E-state index contributed by atoms with van der Waals surface area (Å²) in [6, 6.07) is 0. The number of rotatable bonds is 3. The summed E-state index contributed by atoms with van der Waals surface area (Å²) in [5, 5.41) is 0. The summed E-state index contributed by atoms with van der Waals surface area (Å²) in [4.78, 5) is 21.5. The van der Waals surface area contributed by atoms with E-state index in [4.69, 9.17) is 0 Å². The highest BCUT2D eigenvalue weighted by molar-refractivity contribution is 5.84. The molecule has 0 saturated heterocycles. The van der Waals surface area contributed by atoms with E-state index in [1.165, 1.54) is 13.1 Å². The summed E-state index contributed by atoms with van der Waals surface area (Å²) in [5.74, 6) is -0.437. The van der Waals surface area contributed by atoms with Crippen molar-refractivity contribution in [3.8, 4) is 0 Å². The average Bonchev–Trinajstić information content (AvgIpc) is 2.07. The van der Waals surface area contributed by atoms with E-state index in [1.807, 2.05) is 6.92 Å². The Labute approximate surface area is 78.7 Å². The van der Waals surface area contributed by atoms with Gasteiger partial charge in [-0.3, -0.25) is 9.59 Å². The van der Waals surface area contributed by atoms with Crippen molar-refractivity contribution in [2.75, 3.05) is 6.54 Å². The van der Waals surface area contributed by atoms with E-state index in [1.54, 1.807) is 4.90 Å². The number of primary amides is 1. The Bertz CT molecular complexity index is 200.